The van der Waals surface area contributed by atoms with Crippen LogP contribution >= 0.6 is 0 Å². The van der Waals surface area contributed by atoms with Crippen LogP contribution in [-0.2, 0) is 19.1 Å². The van der Waals surface area contributed by atoms with Crippen LogP contribution in [0, 0.1) is 7.14 Å². The SMILES string of the molecule is C=CC(=O)OC.COC(=O)C=Cc1ccc(OC)cc1.COc1ccc([I+]c2ccc(OC)cc2)cc1. The predicted octanol–water partition coefficient (Wildman–Crippen LogP) is 2.06. The minimum atomic E-state index is -0.394. The molecule has 0 atom stereocenters. The summed E-state index contributed by atoms with van der Waals surface area (Å²) in [6, 6.07) is 24.0. The van der Waals surface area contributed by atoms with Crippen LogP contribution in [0.15, 0.2) is 91.5 Å². The number of hydrogen-bond acceptors (Lipinski definition) is 7. The third-order valence-electron chi connectivity index (χ3n) is 4.41. The van der Waals surface area contributed by atoms with E-state index in [4.69, 9.17) is 14.2 Å². The first-order chi connectivity index (χ1) is 17.9. The number of esters is 2. The first kappa shape index (κ1) is 31.2. The van der Waals surface area contributed by atoms with Crippen LogP contribution < -0.4 is 35.4 Å². The second-order valence-electron chi connectivity index (χ2n) is 6.77. The number of methoxy groups -OCH3 is 5. The van der Waals surface area contributed by atoms with E-state index in [-0.39, 0.29) is 27.2 Å². The van der Waals surface area contributed by atoms with E-state index in [1.54, 1.807) is 27.4 Å². The van der Waals surface area contributed by atoms with Gasteiger partial charge in [0.2, 0.25) is 0 Å². The third kappa shape index (κ3) is 13.2. The summed E-state index contributed by atoms with van der Waals surface area (Å²) < 4.78 is 26.7. The molecule has 3 aromatic rings. The van der Waals surface area contributed by atoms with E-state index in [2.05, 4.69) is 40.3 Å². The highest BCUT2D eigenvalue weighted by Gasteiger charge is 2.15. The van der Waals surface area contributed by atoms with E-state index in [0.717, 1.165) is 28.9 Å². The topological polar surface area (TPSA) is 80.3 Å². The monoisotopic (exact) mass is 619 g/mol. The van der Waals surface area contributed by atoms with Crippen molar-refractivity contribution < 1.29 is 54.5 Å². The fourth-order valence-corrected chi connectivity index (χ4v) is 4.58. The van der Waals surface area contributed by atoms with Crippen molar-refractivity contribution in [1.29, 1.82) is 0 Å². The lowest BCUT2D eigenvalue weighted by molar-refractivity contribution is -0.597. The van der Waals surface area contributed by atoms with Gasteiger partial charge in [0.05, 0.1) is 35.5 Å². The summed E-state index contributed by atoms with van der Waals surface area (Å²) in [5, 5.41) is 0. The van der Waals surface area contributed by atoms with Crippen molar-refractivity contribution in [1.82, 2.24) is 0 Å². The Kier molecular flexibility index (Phi) is 15.6. The van der Waals surface area contributed by atoms with E-state index >= 15 is 0 Å². The van der Waals surface area contributed by atoms with Crippen molar-refractivity contribution in [3.8, 4) is 17.2 Å². The highest BCUT2D eigenvalue weighted by Crippen LogP contribution is 2.12. The first-order valence-electron chi connectivity index (χ1n) is 10.9. The molecule has 37 heavy (non-hydrogen) atoms. The Morgan fingerprint density at radius 3 is 1.30 bits per heavy atom. The van der Waals surface area contributed by atoms with Crippen LogP contribution in [0.3, 0.4) is 0 Å². The lowest BCUT2D eigenvalue weighted by Crippen LogP contribution is -3.61. The molecule has 0 saturated heterocycles. The number of halogens is 1. The minimum Gasteiger partial charge on any atom is -0.497 e. The highest BCUT2D eigenvalue weighted by atomic mass is 127. The summed E-state index contributed by atoms with van der Waals surface area (Å²) in [7, 11) is 7.64. The third-order valence-corrected chi connectivity index (χ3v) is 7.10. The zero-order chi connectivity index (χ0) is 27.5. The Labute approximate surface area is 228 Å². The molecular formula is C29H32IO7+. The van der Waals surface area contributed by atoms with Crippen molar-refractivity contribution in [2.75, 3.05) is 35.5 Å². The lowest BCUT2D eigenvalue weighted by atomic mass is 10.2. The largest absolute Gasteiger partial charge is 0.497 e. The van der Waals surface area contributed by atoms with Gasteiger partial charge < -0.3 is 23.7 Å². The zero-order valence-corrected chi connectivity index (χ0v) is 23.8. The van der Waals surface area contributed by atoms with Gasteiger partial charge in [-0.2, -0.15) is 0 Å². The molecule has 0 N–H and O–H groups in total. The van der Waals surface area contributed by atoms with Crippen LogP contribution in [0.1, 0.15) is 5.56 Å². The van der Waals surface area contributed by atoms with Crippen molar-refractivity contribution >= 4 is 18.0 Å². The predicted molar refractivity (Wildman–Crippen MR) is 140 cm³/mol. The van der Waals surface area contributed by atoms with Crippen LogP contribution in [0.2, 0.25) is 0 Å². The number of hydrogen-bond donors (Lipinski definition) is 0. The standard InChI is InChI=1S/C14H14IO2.C11H12O3.C4H6O2/c1-16-13-7-3-11(4-8-13)15-12-5-9-14(17-2)10-6-12;1-13-10-6-3-9(4-7-10)5-8-11(12)14-2;1-3-4(5)6-2/h3-10H,1-2H3;3-8H,1-2H3;3H,1H2,2H3/q+1;;. The van der Waals surface area contributed by atoms with E-state index in [1.807, 2.05) is 48.5 Å². The fraction of sp³-hybridized carbons (Fsp3) is 0.172. The van der Waals surface area contributed by atoms with Crippen LogP contribution in [0.5, 0.6) is 17.2 Å². The van der Waals surface area contributed by atoms with Crippen molar-refractivity contribution in [3.63, 3.8) is 0 Å². The molecule has 0 unspecified atom stereocenters. The molecule has 0 fully saturated rings. The summed E-state index contributed by atoms with van der Waals surface area (Å²) in [4.78, 5) is 20.6. The molecule has 0 spiro atoms. The van der Waals surface area contributed by atoms with E-state index in [0.29, 0.717) is 0 Å². The summed E-state index contributed by atoms with van der Waals surface area (Å²) in [6.07, 6.45) is 4.17. The fourth-order valence-electron chi connectivity index (χ4n) is 2.42. The zero-order valence-electron chi connectivity index (χ0n) is 21.6. The van der Waals surface area contributed by atoms with Crippen molar-refractivity contribution in [2.24, 2.45) is 0 Å². The van der Waals surface area contributed by atoms with Gasteiger partial charge in [-0.25, -0.2) is 9.59 Å². The number of carbonyl (C=O) groups is 2. The van der Waals surface area contributed by atoms with E-state index in [9.17, 15) is 9.59 Å². The molecule has 196 valence electrons. The van der Waals surface area contributed by atoms with Crippen LogP contribution in [0.25, 0.3) is 6.08 Å². The molecule has 3 rings (SSSR count). The summed E-state index contributed by atoms with van der Waals surface area (Å²) >= 11 is -0.119. The van der Waals surface area contributed by atoms with Crippen molar-refractivity contribution in [3.05, 3.63) is 104 Å². The van der Waals surface area contributed by atoms with Gasteiger partial charge in [-0.05, 0) is 72.3 Å². The number of carbonyl (C=O) groups excluding carboxylic acids is 2. The molecular weight excluding hydrogens is 587 g/mol. The molecule has 7 nitrogen and oxygen atoms in total. The van der Waals surface area contributed by atoms with Gasteiger partial charge in [0.25, 0.3) is 0 Å². The van der Waals surface area contributed by atoms with Gasteiger partial charge in [0, 0.05) is 12.2 Å². The normalized spacial score (nSPS) is 9.54. The molecule has 8 heteroatoms. The molecule has 0 aromatic heterocycles. The smallest absolute Gasteiger partial charge is 0.357 e. The van der Waals surface area contributed by atoms with E-state index in [1.165, 1.54) is 27.4 Å². The summed E-state index contributed by atoms with van der Waals surface area (Å²) in [6.45, 7) is 3.16. The molecule has 0 aliphatic carbocycles. The van der Waals surface area contributed by atoms with Gasteiger partial charge in [-0.3, -0.25) is 0 Å². The quantitative estimate of drug-likeness (QED) is 0.217. The average Bonchev–Trinajstić information content (AvgIpc) is 2.97. The van der Waals surface area contributed by atoms with E-state index < -0.39 is 5.97 Å². The maximum Gasteiger partial charge on any atom is 0.357 e. The Hall–Kier alpha value is -3.79. The molecule has 0 radical (unpaired) electrons. The second kappa shape index (κ2) is 18.5. The molecule has 0 aliphatic rings. The Morgan fingerprint density at radius 2 is 1.00 bits per heavy atom. The van der Waals surface area contributed by atoms with Gasteiger partial charge in [0.1, 0.15) is 17.2 Å². The Balaban J connectivity index is 0.000000309. The van der Waals surface area contributed by atoms with Gasteiger partial charge in [-0.1, -0.05) is 18.7 Å². The number of ether oxygens (including phenoxy) is 5. The van der Waals surface area contributed by atoms with Crippen LogP contribution in [-0.4, -0.2) is 47.5 Å². The Morgan fingerprint density at radius 1 is 0.622 bits per heavy atom. The maximum absolute atomic E-state index is 10.8. The molecule has 0 aliphatic heterocycles. The molecule has 0 bridgehead atoms. The molecule has 3 aromatic carbocycles. The number of rotatable bonds is 8. The summed E-state index contributed by atoms with van der Waals surface area (Å²) in [5.41, 5.74) is 0.927. The average molecular weight is 619 g/mol. The van der Waals surface area contributed by atoms with Gasteiger partial charge in [0.15, 0.2) is 7.14 Å². The maximum atomic E-state index is 10.8. The Bertz CT molecular complexity index is 1060. The summed E-state index contributed by atoms with van der Waals surface area (Å²) in [5.74, 6) is 1.86. The lowest BCUT2D eigenvalue weighted by Gasteiger charge is -1.98. The second-order valence-corrected chi connectivity index (χ2v) is 9.80. The van der Waals surface area contributed by atoms with Crippen LogP contribution in [0.4, 0.5) is 0 Å². The van der Waals surface area contributed by atoms with Crippen molar-refractivity contribution in [2.45, 2.75) is 0 Å². The minimum absolute atomic E-state index is 0.119. The molecule has 0 heterocycles. The number of benzene rings is 3. The molecule has 0 amide bonds. The van der Waals surface area contributed by atoms with Gasteiger partial charge >= 0.3 is 33.1 Å². The van der Waals surface area contributed by atoms with Gasteiger partial charge in [-0.15, -0.1) is 0 Å². The highest BCUT2D eigenvalue weighted by molar-refractivity contribution is 5.86. The molecule has 0 saturated carbocycles. The first-order valence-corrected chi connectivity index (χ1v) is 13.1.